The number of hydrogen-bond donors (Lipinski definition) is 1. The number of unbranched alkanes of at least 4 members (excludes halogenated alkanes) is 1. The topological polar surface area (TPSA) is 84.8 Å². The van der Waals surface area contributed by atoms with Crippen molar-refractivity contribution < 1.29 is 13.9 Å². The van der Waals surface area contributed by atoms with Crippen LogP contribution < -0.4 is 10.5 Å². The number of methoxy groups -OCH3 is 1. The van der Waals surface area contributed by atoms with Gasteiger partial charge in [-0.25, -0.2) is 4.98 Å². The molecule has 2 saturated heterocycles. The van der Waals surface area contributed by atoms with Gasteiger partial charge in [0.25, 0.3) is 0 Å². The number of ether oxygens (including phenoxy) is 1. The minimum atomic E-state index is -0.341. The number of benzene rings is 1. The zero-order valence-electron chi connectivity index (χ0n) is 17.7. The molecule has 0 aliphatic carbocycles. The normalized spacial score (nSPS) is 19.5. The van der Waals surface area contributed by atoms with Gasteiger partial charge >= 0.3 is 0 Å². The van der Waals surface area contributed by atoms with E-state index in [1.54, 1.807) is 18.9 Å². The molecule has 1 aromatic heterocycles. The van der Waals surface area contributed by atoms with Crippen molar-refractivity contribution in [3.8, 4) is 5.75 Å². The van der Waals surface area contributed by atoms with E-state index < -0.39 is 0 Å². The van der Waals surface area contributed by atoms with E-state index >= 15 is 0 Å². The van der Waals surface area contributed by atoms with Gasteiger partial charge in [0.15, 0.2) is 11.5 Å². The van der Waals surface area contributed by atoms with Gasteiger partial charge in [-0.3, -0.25) is 4.79 Å². The van der Waals surface area contributed by atoms with Gasteiger partial charge < -0.3 is 24.7 Å². The van der Waals surface area contributed by atoms with E-state index in [4.69, 9.17) is 19.9 Å². The maximum Gasteiger partial charge on any atom is 0.240 e. The van der Waals surface area contributed by atoms with E-state index in [9.17, 15) is 4.79 Å². The molecule has 0 saturated carbocycles. The minimum absolute atomic E-state index is 0.122. The molecule has 2 aliphatic rings. The van der Waals surface area contributed by atoms with Crippen LogP contribution >= 0.6 is 11.8 Å². The number of likely N-dealkylation sites (tertiary alicyclic amines) is 1. The lowest BCUT2D eigenvalue weighted by molar-refractivity contribution is -0.131. The number of hydrogen-bond acceptors (Lipinski definition) is 7. The summed E-state index contributed by atoms with van der Waals surface area (Å²) in [6.45, 7) is 4.03. The average molecular weight is 433 g/mol. The zero-order valence-corrected chi connectivity index (χ0v) is 18.5. The lowest BCUT2D eigenvalue weighted by Crippen LogP contribution is -2.42. The Morgan fingerprint density at radius 3 is 2.90 bits per heavy atom. The quantitative estimate of drug-likeness (QED) is 0.642. The Labute approximate surface area is 182 Å². The molecule has 7 nitrogen and oxygen atoms in total. The average Bonchev–Trinajstić information content (AvgIpc) is 3.46. The van der Waals surface area contributed by atoms with Crippen molar-refractivity contribution in [3.63, 3.8) is 0 Å². The van der Waals surface area contributed by atoms with Crippen LogP contribution in [0.1, 0.15) is 43.9 Å². The SMILES string of the molecule is COc1ccc2oc(C3CCN(CCCC[C@H](N)C(=O)N4CCSC4)CC3)nc2c1. The van der Waals surface area contributed by atoms with Crippen molar-refractivity contribution in [1.29, 1.82) is 0 Å². The van der Waals surface area contributed by atoms with E-state index in [2.05, 4.69) is 4.90 Å². The first-order valence-corrected chi connectivity index (χ1v) is 12.1. The van der Waals surface area contributed by atoms with E-state index in [0.29, 0.717) is 5.92 Å². The smallest absolute Gasteiger partial charge is 0.240 e. The summed E-state index contributed by atoms with van der Waals surface area (Å²) in [5.41, 5.74) is 7.80. The number of aromatic nitrogens is 1. The van der Waals surface area contributed by atoms with Gasteiger partial charge in [0.05, 0.1) is 19.0 Å². The molecule has 1 aromatic carbocycles. The van der Waals surface area contributed by atoms with Crippen molar-refractivity contribution in [2.24, 2.45) is 5.73 Å². The van der Waals surface area contributed by atoms with Crippen LogP contribution in [-0.2, 0) is 4.79 Å². The highest BCUT2D eigenvalue weighted by Gasteiger charge is 2.26. The first kappa shape index (κ1) is 21.5. The molecule has 1 amide bonds. The zero-order chi connectivity index (χ0) is 20.9. The number of oxazole rings is 1. The molecule has 2 aliphatic heterocycles. The van der Waals surface area contributed by atoms with Crippen LogP contribution in [0.25, 0.3) is 11.1 Å². The van der Waals surface area contributed by atoms with Crippen LogP contribution in [0.5, 0.6) is 5.75 Å². The lowest BCUT2D eigenvalue weighted by Gasteiger charge is -2.30. The number of nitrogens with two attached hydrogens (primary N) is 1. The molecule has 2 fully saturated rings. The molecular formula is C22H32N4O3S. The first-order chi connectivity index (χ1) is 14.6. The summed E-state index contributed by atoms with van der Waals surface area (Å²) in [5.74, 6) is 3.99. The summed E-state index contributed by atoms with van der Waals surface area (Å²) in [6, 6.07) is 5.42. The number of nitrogens with zero attached hydrogens (tertiary/aromatic N) is 3. The largest absolute Gasteiger partial charge is 0.497 e. The number of amides is 1. The minimum Gasteiger partial charge on any atom is -0.497 e. The van der Waals surface area contributed by atoms with E-state index in [-0.39, 0.29) is 11.9 Å². The van der Waals surface area contributed by atoms with Crippen molar-refractivity contribution in [3.05, 3.63) is 24.1 Å². The van der Waals surface area contributed by atoms with Crippen LogP contribution in [0.4, 0.5) is 0 Å². The fraction of sp³-hybridized carbons (Fsp3) is 0.636. The van der Waals surface area contributed by atoms with Crippen molar-refractivity contribution in [1.82, 2.24) is 14.8 Å². The third kappa shape index (κ3) is 5.10. The van der Waals surface area contributed by atoms with Crippen LogP contribution in [0.2, 0.25) is 0 Å². The molecule has 1 atom stereocenters. The van der Waals surface area contributed by atoms with E-state index in [1.165, 1.54) is 0 Å². The molecule has 0 bridgehead atoms. The number of carbonyl (C=O) groups is 1. The highest BCUT2D eigenvalue weighted by Crippen LogP contribution is 2.31. The van der Waals surface area contributed by atoms with Crippen molar-refractivity contribution in [2.75, 3.05) is 44.9 Å². The number of piperidine rings is 1. The third-order valence-corrected chi connectivity index (χ3v) is 7.13. The van der Waals surface area contributed by atoms with E-state index in [0.717, 1.165) is 92.7 Å². The van der Waals surface area contributed by atoms with Gasteiger partial charge in [-0.05, 0) is 57.5 Å². The van der Waals surface area contributed by atoms with E-state index in [1.807, 2.05) is 23.1 Å². The van der Waals surface area contributed by atoms with Crippen LogP contribution in [0.3, 0.4) is 0 Å². The number of thioether (sulfide) groups is 1. The fourth-order valence-electron chi connectivity index (χ4n) is 4.28. The second kappa shape index (κ2) is 10.0. The maximum atomic E-state index is 12.3. The van der Waals surface area contributed by atoms with Gasteiger partial charge in [-0.2, -0.15) is 0 Å². The Bertz CT molecular complexity index is 844. The first-order valence-electron chi connectivity index (χ1n) is 10.9. The van der Waals surface area contributed by atoms with Gasteiger partial charge in [-0.15, -0.1) is 11.8 Å². The van der Waals surface area contributed by atoms with Crippen molar-refractivity contribution in [2.45, 2.75) is 44.1 Å². The summed E-state index contributed by atoms with van der Waals surface area (Å²) in [6.07, 6.45) is 5.00. The molecule has 0 unspecified atom stereocenters. The highest BCUT2D eigenvalue weighted by molar-refractivity contribution is 7.99. The Hall–Kier alpha value is -1.77. The second-order valence-corrected chi connectivity index (χ2v) is 9.32. The Balaban J connectivity index is 1.17. The van der Waals surface area contributed by atoms with Gasteiger partial charge in [0, 0.05) is 24.3 Å². The van der Waals surface area contributed by atoms with Crippen LogP contribution in [0, 0.1) is 0 Å². The molecule has 4 rings (SSSR count). The summed E-state index contributed by atoms with van der Waals surface area (Å²) < 4.78 is 11.3. The Kier molecular flexibility index (Phi) is 7.17. The van der Waals surface area contributed by atoms with Crippen LogP contribution in [0.15, 0.2) is 22.6 Å². The fourth-order valence-corrected chi connectivity index (χ4v) is 5.23. The molecule has 30 heavy (non-hydrogen) atoms. The summed E-state index contributed by atoms with van der Waals surface area (Å²) in [4.78, 5) is 21.4. The summed E-state index contributed by atoms with van der Waals surface area (Å²) in [5, 5.41) is 0. The molecule has 164 valence electrons. The van der Waals surface area contributed by atoms with Gasteiger partial charge in [-0.1, -0.05) is 6.42 Å². The molecule has 8 heteroatoms. The van der Waals surface area contributed by atoms with Gasteiger partial charge in [0.1, 0.15) is 11.3 Å². The summed E-state index contributed by atoms with van der Waals surface area (Å²) in [7, 11) is 1.66. The predicted molar refractivity (Wildman–Crippen MR) is 120 cm³/mol. The molecule has 0 spiro atoms. The van der Waals surface area contributed by atoms with Crippen LogP contribution in [-0.4, -0.2) is 71.7 Å². The number of fused-ring (bicyclic) bond motifs is 1. The maximum absolute atomic E-state index is 12.3. The molecular weight excluding hydrogens is 400 g/mol. The Morgan fingerprint density at radius 2 is 2.17 bits per heavy atom. The van der Waals surface area contributed by atoms with Gasteiger partial charge in [0.2, 0.25) is 5.91 Å². The molecule has 0 radical (unpaired) electrons. The number of rotatable bonds is 8. The molecule has 2 aromatic rings. The standard InChI is InChI=1S/C22H32N4O3S/c1-28-17-5-6-20-19(14-17)24-21(29-20)16-7-10-25(11-8-16)9-3-2-4-18(23)22(27)26-12-13-30-15-26/h5-6,14,16,18H,2-4,7-13,15,23H2,1H3/t18-/m0/s1. The third-order valence-electron chi connectivity index (χ3n) is 6.17. The predicted octanol–water partition coefficient (Wildman–Crippen LogP) is 3.05. The molecule has 3 heterocycles. The lowest BCUT2D eigenvalue weighted by atomic mass is 9.96. The van der Waals surface area contributed by atoms with Crippen molar-refractivity contribution >= 4 is 28.8 Å². The highest BCUT2D eigenvalue weighted by atomic mass is 32.2. The number of carbonyl (C=O) groups excluding carboxylic acids is 1. The Morgan fingerprint density at radius 1 is 1.33 bits per heavy atom. The monoisotopic (exact) mass is 432 g/mol. The summed E-state index contributed by atoms with van der Waals surface area (Å²) >= 11 is 1.80. The second-order valence-electron chi connectivity index (χ2n) is 8.24. The molecule has 2 N–H and O–H groups in total.